The van der Waals surface area contributed by atoms with Crippen LogP contribution in [0.2, 0.25) is 0 Å². The molecule has 0 aromatic carbocycles. The van der Waals surface area contributed by atoms with Gasteiger partial charge >= 0.3 is 0 Å². The summed E-state index contributed by atoms with van der Waals surface area (Å²) < 4.78 is 0. The summed E-state index contributed by atoms with van der Waals surface area (Å²) in [4.78, 5) is 11.1. The molecule has 1 N–H and O–H groups in total. The van der Waals surface area contributed by atoms with E-state index in [2.05, 4.69) is 19.2 Å². The van der Waals surface area contributed by atoms with E-state index in [0.717, 1.165) is 0 Å². The molecule has 0 saturated carbocycles. The molecular formula is C9H19NO. The number of hydrogen-bond donors (Lipinski definition) is 1. The third-order valence-electron chi connectivity index (χ3n) is 1.89. The van der Waals surface area contributed by atoms with Crippen LogP contribution in [0.25, 0.3) is 0 Å². The zero-order valence-electron chi connectivity index (χ0n) is 8.14. The van der Waals surface area contributed by atoms with Crippen molar-refractivity contribution in [2.75, 3.05) is 0 Å². The van der Waals surface area contributed by atoms with Crippen LogP contribution in [0.5, 0.6) is 0 Å². The number of rotatable bonds is 3. The molecule has 0 spiro atoms. The first-order chi connectivity index (χ1) is 4.95. The zero-order chi connectivity index (χ0) is 9.02. The second kappa shape index (κ2) is 4.37. The monoisotopic (exact) mass is 157 g/mol. The Bertz CT molecular complexity index is 130. The SMILES string of the molecule is CC(C)C(=O)NC(C)C(C)C. The van der Waals surface area contributed by atoms with E-state index in [1.54, 1.807) is 0 Å². The van der Waals surface area contributed by atoms with Crippen molar-refractivity contribution in [3.8, 4) is 0 Å². The minimum Gasteiger partial charge on any atom is -0.353 e. The van der Waals surface area contributed by atoms with E-state index in [-0.39, 0.29) is 17.9 Å². The predicted octanol–water partition coefficient (Wildman–Crippen LogP) is 1.80. The maximum Gasteiger partial charge on any atom is 0.222 e. The number of nitrogens with one attached hydrogen (secondary N) is 1. The van der Waals surface area contributed by atoms with Crippen molar-refractivity contribution in [1.82, 2.24) is 5.32 Å². The van der Waals surface area contributed by atoms with Gasteiger partial charge in [0.25, 0.3) is 0 Å². The number of carbonyl (C=O) groups excluding carboxylic acids is 1. The molecule has 1 amide bonds. The number of carbonyl (C=O) groups is 1. The lowest BCUT2D eigenvalue weighted by atomic mass is 10.1. The van der Waals surface area contributed by atoms with Crippen molar-refractivity contribution in [2.45, 2.75) is 40.7 Å². The Morgan fingerprint density at radius 3 is 1.82 bits per heavy atom. The molecule has 0 radical (unpaired) electrons. The number of hydrogen-bond acceptors (Lipinski definition) is 1. The molecule has 1 atom stereocenters. The third-order valence-corrected chi connectivity index (χ3v) is 1.89. The molecular weight excluding hydrogens is 138 g/mol. The van der Waals surface area contributed by atoms with Crippen molar-refractivity contribution >= 4 is 5.91 Å². The Labute approximate surface area is 69.4 Å². The highest BCUT2D eigenvalue weighted by Crippen LogP contribution is 2.01. The molecule has 0 heterocycles. The summed E-state index contributed by atoms with van der Waals surface area (Å²) in [6.45, 7) is 10.0. The standard InChI is InChI=1S/C9H19NO/c1-6(2)8(5)10-9(11)7(3)4/h6-8H,1-5H3,(H,10,11). The van der Waals surface area contributed by atoms with Crippen LogP contribution in [0.15, 0.2) is 0 Å². The van der Waals surface area contributed by atoms with Crippen LogP contribution < -0.4 is 5.32 Å². The van der Waals surface area contributed by atoms with Crippen LogP contribution in [-0.4, -0.2) is 11.9 Å². The van der Waals surface area contributed by atoms with Gasteiger partial charge in [0, 0.05) is 12.0 Å². The average molecular weight is 157 g/mol. The van der Waals surface area contributed by atoms with Gasteiger partial charge in [-0.2, -0.15) is 0 Å². The lowest BCUT2D eigenvalue weighted by Crippen LogP contribution is -2.38. The summed E-state index contributed by atoms with van der Waals surface area (Å²) in [7, 11) is 0. The molecule has 0 aromatic heterocycles. The lowest BCUT2D eigenvalue weighted by molar-refractivity contribution is -0.124. The van der Waals surface area contributed by atoms with Crippen LogP contribution in [0.4, 0.5) is 0 Å². The fraction of sp³-hybridized carbons (Fsp3) is 0.889. The highest BCUT2D eigenvalue weighted by Gasteiger charge is 2.12. The fourth-order valence-electron chi connectivity index (χ4n) is 0.558. The molecule has 0 saturated heterocycles. The Morgan fingerprint density at radius 1 is 1.09 bits per heavy atom. The van der Waals surface area contributed by atoms with Crippen molar-refractivity contribution in [1.29, 1.82) is 0 Å². The molecule has 0 aliphatic rings. The molecule has 0 aliphatic carbocycles. The third kappa shape index (κ3) is 4.02. The fourth-order valence-corrected chi connectivity index (χ4v) is 0.558. The first kappa shape index (κ1) is 10.5. The predicted molar refractivity (Wildman–Crippen MR) is 47.3 cm³/mol. The molecule has 66 valence electrons. The Kier molecular flexibility index (Phi) is 4.16. The lowest BCUT2D eigenvalue weighted by Gasteiger charge is -2.18. The second-order valence-corrected chi connectivity index (χ2v) is 3.70. The molecule has 11 heavy (non-hydrogen) atoms. The van der Waals surface area contributed by atoms with Gasteiger partial charge in [0.05, 0.1) is 0 Å². The average Bonchev–Trinajstić information content (AvgIpc) is 1.87. The van der Waals surface area contributed by atoms with Gasteiger partial charge in [-0.05, 0) is 12.8 Å². The van der Waals surface area contributed by atoms with E-state index in [9.17, 15) is 4.79 Å². The minimum atomic E-state index is 0.0937. The molecule has 1 unspecified atom stereocenters. The van der Waals surface area contributed by atoms with Crippen molar-refractivity contribution < 1.29 is 4.79 Å². The maximum atomic E-state index is 11.1. The van der Waals surface area contributed by atoms with Crippen molar-refractivity contribution in [3.63, 3.8) is 0 Å². The zero-order valence-corrected chi connectivity index (χ0v) is 8.14. The van der Waals surface area contributed by atoms with Crippen molar-refractivity contribution in [2.24, 2.45) is 11.8 Å². The highest BCUT2D eigenvalue weighted by atomic mass is 16.1. The molecule has 0 aliphatic heterocycles. The topological polar surface area (TPSA) is 29.1 Å². The van der Waals surface area contributed by atoms with Crippen LogP contribution in [0.3, 0.4) is 0 Å². The van der Waals surface area contributed by atoms with Crippen LogP contribution >= 0.6 is 0 Å². The van der Waals surface area contributed by atoms with Gasteiger partial charge in [-0.1, -0.05) is 27.7 Å². The maximum absolute atomic E-state index is 11.1. The van der Waals surface area contributed by atoms with Gasteiger partial charge in [-0.3, -0.25) is 4.79 Å². The summed E-state index contributed by atoms with van der Waals surface area (Å²) in [5, 5.41) is 2.94. The normalized spacial score (nSPS) is 13.7. The molecule has 2 heteroatoms. The first-order valence-electron chi connectivity index (χ1n) is 4.25. The summed E-state index contributed by atoms with van der Waals surface area (Å²) in [6, 6.07) is 0.282. The van der Waals surface area contributed by atoms with Crippen LogP contribution in [0.1, 0.15) is 34.6 Å². The van der Waals surface area contributed by atoms with E-state index >= 15 is 0 Å². The summed E-state index contributed by atoms with van der Waals surface area (Å²) in [5.74, 6) is 0.750. The molecule has 2 nitrogen and oxygen atoms in total. The van der Waals surface area contributed by atoms with Gasteiger partial charge in [-0.15, -0.1) is 0 Å². The molecule has 0 fully saturated rings. The molecule has 0 aromatic rings. The van der Waals surface area contributed by atoms with Crippen molar-refractivity contribution in [3.05, 3.63) is 0 Å². The Morgan fingerprint density at radius 2 is 1.55 bits per heavy atom. The highest BCUT2D eigenvalue weighted by molar-refractivity contribution is 5.78. The van der Waals surface area contributed by atoms with Gasteiger partial charge in [0.2, 0.25) is 5.91 Å². The summed E-state index contributed by atoms with van der Waals surface area (Å²) in [6.07, 6.45) is 0. The largest absolute Gasteiger partial charge is 0.353 e. The Hall–Kier alpha value is -0.530. The second-order valence-electron chi connectivity index (χ2n) is 3.70. The van der Waals surface area contributed by atoms with E-state index in [4.69, 9.17) is 0 Å². The van der Waals surface area contributed by atoms with Gasteiger partial charge in [0.1, 0.15) is 0 Å². The van der Waals surface area contributed by atoms with E-state index in [0.29, 0.717) is 5.92 Å². The molecule has 0 bridgehead atoms. The van der Waals surface area contributed by atoms with E-state index < -0.39 is 0 Å². The van der Waals surface area contributed by atoms with E-state index in [1.165, 1.54) is 0 Å². The summed E-state index contributed by atoms with van der Waals surface area (Å²) >= 11 is 0. The molecule has 0 rings (SSSR count). The number of amides is 1. The summed E-state index contributed by atoms with van der Waals surface area (Å²) in [5.41, 5.74) is 0. The van der Waals surface area contributed by atoms with Gasteiger partial charge in [0.15, 0.2) is 0 Å². The van der Waals surface area contributed by atoms with Crippen LogP contribution in [0, 0.1) is 11.8 Å². The first-order valence-corrected chi connectivity index (χ1v) is 4.25. The van der Waals surface area contributed by atoms with Gasteiger partial charge in [-0.25, -0.2) is 0 Å². The quantitative estimate of drug-likeness (QED) is 0.665. The van der Waals surface area contributed by atoms with Gasteiger partial charge < -0.3 is 5.32 Å². The van der Waals surface area contributed by atoms with E-state index in [1.807, 2.05) is 20.8 Å². The Balaban J connectivity index is 3.76. The smallest absolute Gasteiger partial charge is 0.222 e. The van der Waals surface area contributed by atoms with Crippen LogP contribution in [-0.2, 0) is 4.79 Å². The minimum absolute atomic E-state index is 0.0937.